The molecule has 1 saturated heterocycles. The molecule has 3 rings (SSSR count). The molecule has 3 heterocycles. The largest absolute Gasteiger partial charge is 0.470 e. The summed E-state index contributed by atoms with van der Waals surface area (Å²) in [6.45, 7) is 1.24. The van der Waals surface area contributed by atoms with Crippen molar-refractivity contribution >= 4 is 27.7 Å². The molecule has 1 amide bonds. The number of anilines is 1. The van der Waals surface area contributed by atoms with Crippen molar-refractivity contribution in [2.45, 2.75) is 18.9 Å². The number of hydrogen-bond acceptors (Lipinski definition) is 6. The maximum atomic E-state index is 12.7. The van der Waals surface area contributed by atoms with E-state index < -0.39 is 0 Å². The van der Waals surface area contributed by atoms with Crippen molar-refractivity contribution in [3.8, 4) is 5.88 Å². The number of piperidine rings is 1. The number of halogens is 1. The van der Waals surface area contributed by atoms with Crippen LogP contribution in [0, 0.1) is 0 Å². The molecular weight excluding hydrogens is 386 g/mol. The quantitative estimate of drug-likeness (QED) is 0.777. The van der Waals surface area contributed by atoms with Crippen molar-refractivity contribution < 1.29 is 9.53 Å². The van der Waals surface area contributed by atoms with Gasteiger partial charge in [0.05, 0.1) is 12.1 Å². The Kier molecular flexibility index (Phi) is 5.47. The van der Waals surface area contributed by atoms with Gasteiger partial charge in [-0.2, -0.15) is 0 Å². The third-order valence-corrected chi connectivity index (χ3v) is 4.40. The zero-order valence-corrected chi connectivity index (χ0v) is 15.8. The number of likely N-dealkylation sites (tertiary alicyclic amines) is 1. The zero-order chi connectivity index (χ0) is 17.8. The molecule has 0 N–H and O–H groups in total. The smallest absolute Gasteiger partial charge is 0.257 e. The fourth-order valence-corrected chi connectivity index (χ4v) is 3.16. The van der Waals surface area contributed by atoms with Crippen molar-refractivity contribution in [3.05, 3.63) is 40.9 Å². The van der Waals surface area contributed by atoms with Crippen LogP contribution >= 0.6 is 15.9 Å². The lowest BCUT2D eigenvalue weighted by atomic mass is 10.1. The first kappa shape index (κ1) is 17.6. The van der Waals surface area contributed by atoms with Crippen LogP contribution in [0.5, 0.6) is 5.88 Å². The highest BCUT2D eigenvalue weighted by Crippen LogP contribution is 2.24. The number of hydrogen-bond donors (Lipinski definition) is 0. The first-order chi connectivity index (χ1) is 12.0. The van der Waals surface area contributed by atoms with Crippen LogP contribution in [0.25, 0.3) is 0 Å². The second-order valence-electron chi connectivity index (χ2n) is 6.10. The summed E-state index contributed by atoms with van der Waals surface area (Å²) in [5.74, 6) is 1.15. The Bertz CT molecular complexity index is 755. The van der Waals surface area contributed by atoms with Crippen molar-refractivity contribution in [2.24, 2.45) is 0 Å². The van der Waals surface area contributed by atoms with E-state index >= 15 is 0 Å². The molecule has 1 unspecified atom stereocenters. The number of amides is 1. The molecule has 0 aromatic carbocycles. The Hall–Kier alpha value is -2.22. The Morgan fingerprint density at radius 1 is 1.32 bits per heavy atom. The molecule has 7 nitrogen and oxygen atoms in total. The summed E-state index contributed by atoms with van der Waals surface area (Å²) in [4.78, 5) is 29.0. The Labute approximate surface area is 155 Å². The van der Waals surface area contributed by atoms with E-state index in [1.165, 1.54) is 0 Å². The van der Waals surface area contributed by atoms with E-state index in [9.17, 15) is 4.79 Å². The molecule has 2 aromatic heterocycles. The minimum Gasteiger partial charge on any atom is -0.470 e. The molecule has 0 bridgehead atoms. The van der Waals surface area contributed by atoms with E-state index in [0.717, 1.165) is 17.3 Å². The van der Waals surface area contributed by atoms with Gasteiger partial charge < -0.3 is 14.5 Å². The lowest BCUT2D eigenvalue weighted by Crippen LogP contribution is -2.44. The topological polar surface area (TPSA) is 71.5 Å². The minimum absolute atomic E-state index is 0.0333. The van der Waals surface area contributed by atoms with E-state index in [0.29, 0.717) is 30.4 Å². The van der Waals surface area contributed by atoms with Gasteiger partial charge in [0, 0.05) is 49.9 Å². The van der Waals surface area contributed by atoms with E-state index in [1.54, 1.807) is 30.9 Å². The number of ether oxygens (including phenoxy) is 1. The van der Waals surface area contributed by atoms with E-state index in [2.05, 4.69) is 30.9 Å². The predicted octanol–water partition coefficient (Wildman–Crippen LogP) is 2.38. The van der Waals surface area contributed by atoms with Crippen LogP contribution in [-0.4, -0.2) is 59.0 Å². The standard InChI is InChI=1S/C17H20BrN5O2/c1-22(2)15-16(21-6-5-20-15)25-14-4-3-7-23(11-14)17(24)12-8-13(18)10-19-9-12/h5-6,8-10,14H,3-4,7,11H2,1-2H3. The lowest BCUT2D eigenvalue weighted by molar-refractivity contribution is 0.0528. The molecule has 25 heavy (non-hydrogen) atoms. The Balaban J connectivity index is 1.70. The predicted molar refractivity (Wildman–Crippen MR) is 97.8 cm³/mol. The van der Waals surface area contributed by atoms with E-state index in [1.807, 2.05) is 23.9 Å². The highest BCUT2D eigenvalue weighted by molar-refractivity contribution is 9.10. The van der Waals surface area contributed by atoms with Crippen LogP contribution in [-0.2, 0) is 0 Å². The van der Waals surface area contributed by atoms with Gasteiger partial charge in [0.15, 0.2) is 5.82 Å². The molecule has 0 spiro atoms. The van der Waals surface area contributed by atoms with Gasteiger partial charge in [-0.1, -0.05) is 0 Å². The number of carbonyl (C=O) groups is 1. The normalized spacial score (nSPS) is 17.2. The van der Waals surface area contributed by atoms with Crippen LogP contribution in [0.15, 0.2) is 35.3 Å². The summed E-state index contributed by atoms with van der Waals surface area (Å²) in [6, 6.07) is 1.78. The maximum Gasteiger partial charge on any atom is 0.257 e. The summed E-state index contributed by atoms with van der Waals surface area (Å²) < 4.78 is 6.84. The molecular formula is C17H20BrN5O2. The summed E-state index contributed by atoms with van der Waals surface area (Å²) in [5, 5.41) is 0. The molecule has 1 atom stereocenters. The van der Waals surface area contributed by atoms with Gasteiger partial charge in [-0.15, -0.1) is 0 Å². The second-order valence-corrected chi connectivity index (χ2v) is 7.02. The third-order valence-electron chi connectivity index (χ3n) is 3.97. The summed E-state index contributed by atoms with van der Waals surface area (Å²) in [7, 11) is 3.79. The summed E-state index contributed by atoms with van der Waals surface area (Å²) >= 11 is 3.35. The van der Waals surface area contributed by atoms with E-state index in [-0.39, 0.29) is 12.0 Å². The molecule has 0 saturated carbocycles. The van der Waals surface area contributed by atoms with Gasteiger partial charge in [0.2, 0.25) is 0 Å². The molecule has 1 aliphatic rings. The monoisotopic (exact) mass is 405 g/mol. The van der Waals surface area contributed by atoms with Gasteiger partial charge in [-0.05, 0) is 34.8 Å². The fourth-order valence-electron chi connectivity index (χ4n) is 2.80. The summed E-state index contributed by atoms with van der Waals surface area (Å²) in [6.07, 6.45) is 8.16. The first-order valence-electron chi connectivity index (χ1n) is 8.09. The number of nitrogens with zero attached hydrogens (tertiary/aromatic N) is 5. The average molecular weight is 406 g/mol. The van der Waals surface area contributed by atoms with Crippen LogP contribution in [0.4, 0.5) is 5.82 Å². The number of aromatic nitrogens is 3. The average Bonchev–Trinajstić information content (AvgIpc) is 2.61. The van der Waals surface area contributed by atoms with Crippen molar-refractivity contribution in [1.82, 2.24) is 19.9 Å². The van der Waals surface area contributed by atoms with Gasteiger partial charge in [-0.3, -0.25) is 9.78 Å². The zero-order valence-electron chi connectivity index (χ0n) is 14.2. The fraction of sp³-hybridized carbons (Fsp3) is 0.412. The Morgan fingerprint density at radius 3 is 2.88 bits per heavy atom. The van der Waals surface area contributed by atoms with Crippen LogP contribution in [0.2, 0.25) is 0 Å². The SMILES string of the molecule is CN(C)c1nccnc1OC1CCCN(C(=O)c2cncc(Br)c2)C1. The maximum absolute atomic E-state index is 12.7. The Morgan fingerprint density at radius 2 is 2.12 bits per heavy atom. The van der Waals surface area contributed by atoms with Gasteiger partial charge >= 0.3 is 0 Å². The highest BCUT2D eigenvalue weighted by Gasteiger charge is 2.27. The van der Waals surface area contributed by atoms with Crippen molar-refractivity contribution in [2.75, 3.05) is 32.1 Å². The molecule has 132 valence electrons. The number of pyridine rings is 1. The molecule has 1 fully saturated rings. The minimum atomic E-state index is -0.104. The second kappa shape index (κ2) is 7.77. The summed E-state index contributed by atoms with van der Waals surface area (Å²) in [5.41, 5.74) is 0.573. The first-order valence-corrected chi connectivity index (χ1v) is 8.88. The van der Waals surface area contributed by atoms with Crippen molar-refractivity contribution in [3.63, 3.8) is 0 Å². The molecule has 1 aliphatic heterocycles. The van der Waals surface area contributed by atoms with Crippen LogP contribution in [0.1, 0.15) is 23.2 Å². The molecule has 8 heteroatoms. The highest BCUT2D eigenvalue weighted by atomic mass is 79.9. The number of rotatable bonds is 4. The third kappa shape index (κ3) is 4.25. The molecule has 0 radical (unpaired) electrons. The van der Waals surface area contributed by atoms with Gasteiger partial charge in [-0.25, -0.2) is 9.97 Å². The molecule has 0 aliphatic carbocycles. The lowest BCUT2D eigenvalue weighted by Gasteiger charge is -2.33. The van der Waals surface area contributed by atoms with Crippen molar-refractivity contribution in [1.29, 1.82) is 0 Å². The van der Waals surface area contributed by atoms with Gasteiger partial charge in [0.1, 0.15) is 6.10 Å². The van der Waals surface area contributed by atoms with E-state index in [4.69, 9.17) is 4.74 Å². The molecule has 2 aromatic rings. The van der Waals surface area contributed by atoms with Crippen LogP contribution < -0.4 is 9.64 Å². The number of carbonyl (C=O) groups excluding carboxylic acids is 1. The van der Waals surface area contributed by atoms with Crippen LogP contribution in [0.3, 0.4) is 0 Å². The van der Waals surface area contributed by atoms with Gasteiger partial charge in [0.25, 0.3) is 11.8 Å².